The summed E-state index contributed by atoms with van der Waals surface area (Å²) in [6.45, 7) is 9.46. The Morgan fingerprint density at radius 3 is 1.96 bits per heavy atom. The maximum Gasteiger partial charge on any atom is 0.224 e. The third-order valence-corrected chi connectivity index (χ3v) is 4.45. The average Bonchev–Trinajstić information content (AvgIpc) is 2.62. The lowest BCUT2D eigenvalue weighted by Crippen LogP contribution is -2.47. The summed E-state index contributed by atoms with van der Waals surface area (Å²) in [5.41, 5.74) is 0. The third kappa shape index (κ3) is 12.3. The van der Waals surface area contributed by atoms with Crippen molar-refractivity contribution in [1.29, 1.82) is 0 Å². The standard InChI is InChI=1S/C19H38N2O4/c1-3-4-5-6-7-13-23-15-17-25-18-16-24-14-8-19(22)21-11-9-20(2)10-12-21/h3-18H2,1-2H3. The Balaban J connectivity index is 1.78. The minimum absolute atomic E-state index is 0.196. The molecule has 0 aromatic rings. The van der Waals surface area contributed by atoms with Gasteiger partial charge in [-0.05, 0) is 13.5 Å². The first-order valence-electron chi connectivity index (χ1n) is 9.93. The number of hydrogen-bond donors (Lipinski definition) is 0. The van der Waals surface area contributed by atoms with Crippen LogP contribution in [0, 0.1) is 0 Å². The van der Waals surface area contributed by atoms with Crippen LogP contribution in [0.25, 0.3) is 0 Å². The molecular weight excluding hydrogens is 320 g/mol. The van der Waals surface area contributed by atoms with Crippen LogP contribution >= 0.6 is 0 Å². The fourth-order valence-corrected chi connectivity index (χ4v) is 2.72. The highest BCUT2D eigenvalue weighted by molar-refractivity contribution is 5.76. The molecule has 25 heavy (non-hydrogen) atoms. The topological polar surface area (TPSA) is 51.2 Å². The van der Waals surface area contributed by atoms with Gasteiger partial charge in [-0.1, -0.05) is 32.6 Å². The molecule has 0 aromatic carbocycles. The summed E-state index contributed by atoms with van der Waals surface area (Å²) >= 11 is 0. The number of piperazine rings is 1. The van der Waals surface area contributed by atoms with E-state index in [4.69, 9.17) is 14.2 Å². The van der Waals surface area contributed by atoms with Gasteiger partial charge in [0.15, 0.2) is 0 Å². The molecule has 1 aliphatic heterocycles. The first-order valence-corrected chi connectivity index (χ1v) is 9.93. The summed E-state index contributed by atoms with van der Waals surface area (Å²) in [4.78, 5) is 16.2. The van der Waals surface area contributed by atoms with Gasteiger partial charge in [0.2, 0.25) is 5.91 Å². The van der Waals surface area contributed by atoms with Crippen LogP contribution in [0.2, 0.25) is 0 Å². The lowest BCUT2D eigenvalue weighted by Gasteiger charge is -2.32. The first kappa shape index (κ1) is 22.4. The van der Waals surface area contributed by atoms with Gasteiger partial charge in [0.05, 0.1) is 39.5 Å². The summed E-state index contributed by atoms with van der Waals surface area (Å²) in [7, 11) is 2.09. The predicted molar refractivity (Wildman–Crippen MR) is 99.9 cm³/mol. The molecule has 0 aliphatic carbocycles. The van der Waals surface area contributed by atoms with Crippen LogP contribution in [-0.2, 0) is 19.0 Å². The van der Waals surface area contributed by atoms with Crippen molar-refractivity contribution in [2.24, 2.45) is 0 Å². The molecule has 1 aliphatic rings. The average molecular weight is 359 g/mol. The molecular formula is C19H38N2O4. The molecule has 0 spiro atoms. The molecule has 1 heterocycles. The molecule has 0 N–H and O–H groups in total. The molecule has 6 nitrogen and oxygen atoms in total. The second-order valence-electron chi connectivity index (χ2n) is 6.69. The molecule has 148 valence electrons. The maximum atomic E-state index is 12.0. The van der Waals surface area contributed by atoms with Gasteiger partial charge in [-0.15, -0.1) is 0 Å². The molecule has 6 heteroatoms. The van der Waals surface area contributed by atoms with E-state index in [9.17, 15) is 4.79 Å². The van der Waals surface area contributed by atoms with E-state index in [-0.39, 0.29) is 5.91 Å². The third-order valence-electron chi connectivity index (χ3n) is 4.45. The van der Waals surface area contributed by atoms with Crippen molar-refractivity contribution in [1.82, 2.24) is 9.80 Å². The van der Waals surface area contributed by atoms with Gasteiger partial charge >= 0.3 is 0 Å². The van der Waals surface area contributed by atoms with Crippen molar-refractivity contribution >= 4 is 5.91 Å². The Morgan fingerprint density at radius 2 is 1.32 bits per heavy atom. The highest BCUT2D eigenvalue weighted by Crippen LogP contribution is 2.03. The fourth-order valence-electron chi connectivity index (χ4n) is 2.72. The highest BCUT2D eigenvalue weighted by Gasteiger charge is 2.18. The predicted octanol–water partition coefficient (Wildman–Crippen LogP) is 2.17. The van der Waals surface area contributed by atoms with E-state index in [0.717, 1.165) is 39.2 Å². The molecule has 0 unspecified atom stereocenters. The summed E-state index contributed by atoms with van der Waals surface area (Å²) in [6, 6.07) is 0. The van der Waals surface area contributed by atoms with Gasteiger partial charge in [0.25, 0.3) is 0 Å². The molecule has 0 radical (unpaired) electrons. The highest BCUT2D eigenvalue weighted by atomic mass is 16.5. The van der Waals surface area contributed by atoms with E-state index in [1.807, 2.05) is 4.90 Å². The van der Waals surface area contributed by atoms with Crippen molar-refractivity contribution in [3.63, 3.8) is 0 Å². The second kappa shape index (κ2) is 15.6. The zero-order chi connectivity index (χ0) is 18.2. The molecule has 0 atom stereocenters. The number of likely N-dealkylation sites (N-methyl/N-ethyl adjacent to an activating group) is 1. The summed E-state index contributed by atoms with van der Waals surface area (Å²) < 4.78 is 16.5. The number of amides is 1. The van der Waals surface area contributed by atoms with Crippen LogP contribution in [0.1, 0.15) is 45.4 Å². The second-order valence-corrected chi connectivity index (χ2v) is 6.69. The normalized spacial score (nSPS) is 15.7. The molecule has 0 saturated carbocycles. The molecule has 0 bridgehead atoms. The maximum absolute atomic E-state index is 12.0. The lowest BCUT2D eigenvalue weighted by atomic mass is 10.2. The van der Waals surface area contributed by atoms with Crippen molar-refractivity contribution in [2.45, 2.75) is 45.4 Å². The Morgan fingerprint density at radius 1 is 0.760 bits per heavy atom. The van der Waals surface area contributed by atoms with Crippen molar-refractivity contribution in [2.75, 3.05) is 72.9 Å². The monoisotopic (exact) mass is 358 g/mol. The number of carbonyl (C=O) groups excluding carboxylic acids is 1. The van der Waals surface area contributed by atoms with Gasteiger partial charge in [-0.2, -0.15) is 0 Å². The summed E-state index contributed by atoms with van der Waals surface area (Å²) in [5.74, 6) is 0.196. The van der Waals surface area contributed by atoms with Crippen LogP contribution in [0.4, 0.5) is 0 Å². The first-order chi connectivity index (χ1) is 12.2. The number of unbranched alkanes of at least 4 members (excludes halogenated alkanes) is 4. The number of nitrogens with zero attached hydrogens (tertiary/aromatic N) is 2. The Hall–Kier alpha value is -0.690. The lowest BCUT2D eigenvalue weighted by molar-refractivity contribution is -0.134. The summed E-state index contributed by atoms with van der Waals surface area (Å²) in [6.07, 6.45) is 6.78. The molecule has 1 amide bonds. The van der Waals surface area contributed by atoms with Gasteiger partial charge in [0, 0.05) is 32.8 Å². The number of carbonyl (C=O) groups is 1. The molecule has 1 fully saturated rings. The Labute approximate surface area is 153 Å². The van der Waals surface area contributed by atoms with Crippen LogP contribution in [-0.4, -0.2) is 88.6 Å². The van der Waals surface area contributed by atoms with Gasteiger partial charge < -0.3 is 24.0 Å². The van der Waals surface area contributed by atoms with Crippen molar-refractivity contribution in [3.8, 4) is 0 Å². The van der Waals surface area contributed by atoms with E-state index in [1.54, 1.807) is 0 Å². The minimum Gasteiger partial charge on any atom is -0.379 e. The van der Waals surface area contributed by atoms with Crippen LogP contribution in [0.5, 0.6) is 0 Å². The van der Waals surface area contributed by atoms with E-state index < -0.39 is 0 Å². The van der Waals surface area contributed by atoms with Gasteiger partial charge in [0.1, 0.15) is 0 Å². The smallest absolute Gasteiger partial charge is 0.224 e. The molecule has 1 rings (SSSR count). The van der Waals surface area contributed by atoms with Crippen molar-refractivity contribution in [3.05, 3.63) is 0 Å². The van der Waals surface area contributed by atoms with Crippen LogP contribution in [0.3, 0.4) is 0 Å². The van der Waals surface area contributed by atoms with E-state index in [1.165, 1.54) is 25.7 Å². The molecule has 0 aromatic heterocycles. The van der Waals surface area contributed by atoms with Gasteiger partial charge in [-0.3, -0.25) is 4.79 Å². The van der Waals surface area contributed by atoms with E-state index >= 15 is 0 Å². The van der Waals surface area contributed by atoms with Crippen molar-refractivity contribution < 1.29 is 19.0 Å². The van der Waals surface area contributed by atoms with Crippen LogP contribution in [0.15, 0.2) is 0 Å². The zero-order valence-corrected chi connectivity index (χ0v) is 16.3. The fraction of sp³-hybridized carbons (Fsp3) is 0.947. The minimum atomic E-state index is 0.196. The zero-order valence-electron chi connectivity index (χ0n) is 16.3. The Kier molecular flexibility index (Phi) is 13.9. The van der Waals surface area contributed by atoms with E-state index in [0.29, 0.717) is 39.5 Å². The molecule has 1 saturated heterocycles. The quantitative estimate of drug-likeness (QED) is 0.420. The summed E-state index contributed by atoms with van der Waals surface area (Å²) in [5, 5.41) is 0. The largest absolute Gasteiger partial charge is 0.379 e. The van der Waals surface area contributed by atoms with Gasteiger partial charge in [-0.25, -0.2) is 0 Å². The SMILES string of the molecule is CCCCCCCOCCOCCOCCC(=O)N1CCN(C)CC1. The number of hydrogen-bond acceptors (Lipinski definition) is 5. The van der Waals surface area contributed by atoms with Crippen LogP contribution < -0.4 is 0 Å². The number of ether oxygens (including phenoxy) is 3. The Bertz CT molecular complexity index is 321. The van der Waals surface area contributed by atoms with E-state index in [2.05, 4.69) is 18.9 Å². The number of rotatable bonds is 15.